The van der Waals surface area contributed by atoms with Gasteiger partial charge in [0.2, 0.25) is 0 Å². The summed E-state index contributed by atoms with van der Waals surface area (Å²) in [6.07, 6.45) is 0.824. The molecule has 1 aliphatic heterocycles. The van der Waals surface area contributed by atoms with Crippen LogP contribution in [-0.4, -0.2) is 34.9 Å². The van der Waals surface area contributed by atoms with Crippen LogP contribution in [0.15, 0.2) is 18.2 Å². The maximum Gasteiger partial charge on any atom is 0.283 e. The van der Waals surface area contributed by atoms with E-state index in [2.05, 4.69) is 0 Å². The zero-order chi connectivity index (χ0) is 14.9. The molecule has 2 unspecified atom stereocenters. The van der Waals surface area contributed by atoms with E-state index < -0.39 is 4.92 Å². The Hall–Kier alpha value is -1.66. The highest BCUT2D eigenvalue weighted by Crippen LogP contribution is 2.27. The van der Waals surface area contributed by atoms with E-state index in [0.29, 0.717) is 13.1 Å². The largest absolute Gasteiger partial charge is 0.338 e. The average molecular weight is 298 g/mol. The topological polar surface area (TPSA) is 89.5 Å². The van der Waals surface area contributed by atoms with Crippen LogP contribution in [0.4, 0.5) is 5.69 Å². The third-order valence-electron chi connectivity index (χ3n) is 3.64. The van der Waals surface area contributed by atoms with Crippen molar-refractivity contribution >= 4 is 23.2 Å². The first-order chi connectivity index (χ1) is 9.40. The van der Waals surface area contributed by atoms with Crippen molar-refractivity contribution in [2.45, 2.75) is 19.4 Å². The number of halogens is 1. The minimum Gasteiger partial charge on any atom is -0.338 e. The number of hydrogen-bond donors (Lipinski definition) is 1. The summed E-state index contributed by atoms with van der Waals surface area (Å²) in [4.78, 5) is 24.4. The molecule has 0 bridgehead atoms. The van der Waals surface area contributed by atoms with Crippen molar-refractivity contribution in [2.24, 2.45) is 11.7 Å². The predicted molar refractivity (Wildman–Crippen MR) is 75.8 cm³/mol. The van der Waals surface area contributed by atoms with Gasteiger partial charge in [-0.2, -0.15) is 0 Å². The Morgan fingerprint density at radius 1 is 1.60 bits per heavy atom. The highest BCUT2D eigenvalue weighted by atomic mass is 35.5. The lowest BCUT2D eigenvalue weighted by Gasteiger charge is -2.18. The first-order valence-corrected chi connectivity index (χ1v) is 6.76. The Bertz CT molecular complexity index is 548. The van der Waals surface area contributed by atoms with E-state index in [1.54, 1.807) is 4.90 Å². The molecule has 108 valence electrons. The Labute approximate surface area is 121 Å². The van der Waals surface area contributed by atoms with Gasteiger partial charge in [-0.15, -0.1) is 0 Å². The zero-order valence-electron chi connectivity index (χ0n) is 11.1. The first-order valence-electron chi connectivity index (χ1n) is 6.39. The van der Waals surface area contributed by atoms with Gasteiger partial charge in [-0.1, -0.05) is 11.6 Å². The number of likely N-dealkylation sites (tertiary alicyclic amines) is 1. The summed E-state index contributed by atoms with van der Waals surface area (Å²) >= 11 is 5.74. The lowest BCUT2D eigenvalue weighted by molar-refractivity contribution is -0.385. The van der Waals surface area contributed by atoms with Crippen LogP contribution in [0.25, 0.3) is 0 Å². The number of amides is 1. The van der Waals surface area contributed by atoms with Crippen LogP contribution < -0.4 is 5.73 Å². The number of carbonyl (C=O) groups excluding carboxylic acids is 1. The van der Waals surface area contributed by atoms with Gasteiger partial charge in [0.15, 0.2) is 0 Å². The smallest absolute Gasteiger partial charge is 0.283 e. The normalized spacial score (nSPS) is 19.9. The molecule has 1 heterocycles. The highest BCUT2D eigenvalue weighted by molar-refractivity contribution is 6.31. The summed E-state index contributed by atoms with van der Waals surface area (Å²) in [6.45, 7) is 3.02. The molecule has 2 atom stereocenters. The van der Waals surface area contributed by atoms with Gasteiger partial charge in [0.25, 0.3) is 11.6 Å². The fourth-order valence-electron chi connectivity index (χ4n) is 2.41. The van der Waals surface area contributed by atoms with Crippen molar-refractivity contribution in [3.63, 3.8) is 0 Å². The number of carbonyl (C=O) groups is 1. The molecule has 1 fully saturated rings. The number of nitrogens with two attached hydrogens (primary N) is 1. The van der Waals surface area contributed by atoms with Crippen molar-refractivity contribution in [3.05, 3.63) is 38.9 Å². The molecule has 1 amide bonds. The van der Waals surface area contributed by atoms with Gasteiger partial charge in [-0.3, -0.25) is 14.9 Å². The molecule has 0 radical (unpaired) electrons. The van der Waals surface area contributed by atoms with Gasteiger partial charge in [0.1, 0.15) is 5.56 Å². The van der Waals surface area contributed by atoms with Crippen LogP contribution in [-0.2, 0) is 0 Å². The van der Waals surface area contributed by atoms with Gasteiger partial charge in [-0.05, 0) is 31.4 Å². The number of hydrogen-bond acceptors (Lipinski definition) is 4. The molecule has 0 saturated carbocycles. The Kier molecular flexibility index (Phi) is 4.25. The molecule has 0 spiro atoms. The zero-order valence-corrected chi connectivity index (χ0v) is 11.8. The standard InChI is InChI=1S/C13H16ClN3O3/c1-8(15)9-4-5-16(7-9)13(18)11-3-2-10(14)6-12(11)17(19)20/h2-3,6,8-9H,4-5,7,15H2,1H3. The molecule has 1 aliphatic rings. The number of nitrogens with zero attached hydrogens (tertiary/aromatic N) is 2. The van der Waals surface area contributed by atoms with E-state index in [1.165, 1.54) is 18.2 Å². The van der Waals surface area contributed by atoms with Crippen LogP contribution in [0.2, 0.25) is 5.02 Å². The van der Waals surface area contributed by atoms with E-state index in [0.717, 1.165) is 6.42 Å². The van der Waals surface area contributed by atoms with E-state index >= 15 is 0 Å². The molecule has 2 N–H and O–H groups in total. The number of rotatable bonds is 3. The third kappa shape index (κ3) is 2.91. The minimum absolute atomic E-state index is 0.00741. The monoisotopic (exact) mass is 297 g/mol. The van der Waals surface area contributed by atoms with Gasteiger partial charge >= 0.3 is 0 Å². The van der Waals surface area contributed by atoms with Gasteiger partial charge in [0.05, 0.1) is 4.92 Å². The van der Waals surface area contributed by atoms with Crippen LogP contribution in [0.3, 0.4) is 0 Å². The van der Waals surface area contributed by atoms with Crippen molar-refractivity contribution < 1.29 is 9.72 Å². The van der Waals surface area contributed by atoms with E-state index in [1.807, 2.05) is 6.92 Å². The van der Waals surface area contributed by atoms with Crippen molar-refractivity contribution in [1.29, 1.82) is 0 Å². The van der Waals surface area contributed by atoms with Crippen LogP contribution >= 0.6 is 11.6 Å². The second-order valence-electron chi connectivity index (χ2n) is 5.08. The fourth-order valence-corrected chi connectivity index (χ4v) is 2.57. The Morgan fingerprint density at radius 3 is 2.85 bits per heavy atom. The van der Waals surface area contributed by atoms with E-state index in [-0.39, 0.29) is 34.1 Å². The summed E-state index contributed by atoms with van der Waals surface area (Å²) in [5.41, 5.74) is 5.65. The summed E-state index contributed by atoms with van der Waals surface area (Å²) in [5.74, 6) is -0.0955. The van der Waals surface area contributed by atoms with Crippen LogP contribution in [0.5, 0.6) is 0 Å². The number of benzene rings is 1. The van der Waals surface area contributed by atoms with Crippen molar-refractivity contribution in [1.82, 2.24) is 4.90 Å². The maximum atomic E-state index is 12.4. The van der Waals surface area contributed by atoms with E-state index in [9.17, 15) is 14.9 Å². The second-order valence-corrected chi connectivity index (χ2v) is 5.51. The number of nitro groups is 1. The third-order valence-corrected chi connectivity index (χ3v) is 3.88. The highest BCUT2D eigenvalue weighted by Gasteiger charge is 2.32. The average Bonchev–Trinajstić information content (AvgIpc) is 2.87. The molecule has 1 aromatic carbocycles. The Morgan fingerprint density at radius 2 is 2.30 bits per heavy atom. The molecular formula is C13H16ClN3O3. The van der Waals surface area contributed by atoms with Crippen molar-refractivity contribution in [3.8, 4) is 0 Å². The molecule has 2 rings (SSSR count). The summed E-state index contributed by atoms with van der Waals surface area (Å²) in [7, 11) is 0. The summed E-state index contributed by atoms with van der Waals surface area (Å²) in [6, 6.07) is 4.10. The lowest BCUT2D eigenvalue weighted by Crippen LogP contribution is -2.33. The fraction of sp³-hybridized carbons (Fsp3) is 0.462. The quantitative estimate of drug-likeness (QED) is 0.683. The molecule has 0 aliphatic carbocycles. The predicted octanol–water partition coefficient (Wildman–Crippen LogP) is 2.06. The summed E-state index contributed by atoms with van der Waals surface area (Å²) in [5, 5.41) is 11.3. The molecule has 1 aromatic rings. The molecule has 1 saturated heterocycles. The van der Waals surface area contributed by atoms with Crippen LogP contribution in [0, 0.1) is 16.0 Å². The van der Waals surface area contributed by atoms with Gasteiger partial charge < -0.3 is 10.6 Å². The van der Waals surface area contributed by atoms with E-state index in [4.69, 9.17) is 17.3 Å². The van der Waals surface area contributed by atoms with Crippen LogP contribution in [0.1, 0.15) is 23.7 Å². The second kappa shape index (κ2) is 5.76. The lowest BCUT2D eigenvalue weighted by atomic mass is 10.0. The van der Waals surface area contributed by atoms with Gasteiger partial charge in [0, 0.05) is 30.2 Å². The maximum absolute atomic E-state index is 12.4. The minimum atomic E-state index is -0.585. The first kappa shape index (κ1) is 14.7. The molecule has 6 nitrogen and oxygen atoms in total. The summed E-state index contributed by atoms with van der Waals surface area (Å²) < 4.78 is 0. The molecule has 7 heteroatoms. The molecular weight excluding hydrogens is 282 g/mol. The van der Waals surface area contributed by atoms with Crippen molar-refractivity contribution in [2.75, 3.05) is 13.1 Å². The van der Waals surface area contributed by atoms with Gasteiger partial charge in [-0.25, -0.2) is 0 Å². The Balaban J connectivity index is 2.24. The molecule has 20 heavy (non-hydrogen) atoms. The molecule has 0 aromatic heterocycles. The SMILES string of the molecule is CC(N)C1CCN(C(=O)c2ccc(Cl)cc2[N+](=O)[O-])C1. The number of nitro benzene ring substituents is 1.